The molecule has 1 fully saturated rings. The van der Waals surface area contributed by atoms with Crippen LogP contribution in [0.3, 0.4) is 0 Å². The Hall–Kier alpha value is -2.09. The lowest BCUT2D eigenvalue weighted by atomic mass is 9.94. The summed E-state index contributed by atoms with van der Waals surface area (Å²) in [5, 5.41) is 4.96. The number of likely N-dealkylation sites (tertiary alicyclic amines) is 1. The Labute approximate surface area is 157 Å². The second-order valence-electron chi connectivity index (χ2n) is 7.85. The molecule has 5 nitrogen and oxygen atoms in total. The SMILES string of the molecule is CC(C)(C)NC(=O)NC(=O)CN1CCCCC1c1ccc(C(F)(F)F)cc1. The van der Waals surface area contributed by atoms with Crippen LogP contribution in [0.1, 0.15) is 57.2 Å². The lowest BCUT2D eigenvalue weighted by Crippen LogP contribution is -2.51. The highest BCUT2D eigenvalue weighted by molar-refractivity contribution is 5.95. The number of urea groups is 1. The van der Waals surface area contributed by atoms with E-state index in [0.717, 1.165) is 37.0 Å². The molecule has 1 unspecified atom stereocenters. The Morgan fingerprint density at radius 3 is 2.30 bits per heavy atom. The van der Waals surface area contributed by atoms with E-state index in [1.165, 1.54) is 12.1 Å². The molecule has 0 saturated carbocycles. The van der Waals surface area contributed by atoms with Crippen molar-refractivity contribution in [2.24, 2.45) is 0 Å². The Balaban J connectivity index is 2.02. The number of piperidine rings is 1. The molecule has 150 valence electrons. The molecule has 0 radical (unpaired) electrons. The standard InChI is InChI=1S/C19H26F3N3O2/c1-18(2,3)24-17(27)23-16(26)12-25-11-5-4-6-15(25)13-7-9-14(10-8-13)19(20,21)22/h7-10,15H,4-6,11-12H2,1-3H3,(H2,23,24,26,27). The number of rotatable bonds is 3. The van der Waals surface area contributed by atoms with Crippen LogP contribution in [0.4, 0.5) is 18.0 Å². The zero-order valence-corrected chi connectivity index (χ0v) is 15.8. The molecule has 27 heavy (non-hydrogen) atoms. The van der Waals surface area contributed by atoms with Crippen molar-refractivity contribution in [3.05, 3.63) is 35.4 Å². The fourth-order valence-electron chi connectivity index (χ4n) is 3.17. The van der Waals surface area contributed by atoms with Crippen LogP contribution in [-0.4, -0.2) is 35.5 Å². The average Bonchev–Trinajstić information content (AvgIpc) is 2.52. The summed E-state index contributed by atoms with van der Waals surface area (Å²) < 4.78 is 38.2. The van der Waals surface area contributed by atoms with Gasteiger partial charge in [0.05, 0.1) is 12.1 Å². The topological polar surface area (TPSA) is 61.4 Å². The molecule has 2 N–H and O–H groups in total. The smallest absolute Gasteiger partial charge is 0.333 e. The van der Waals surface area contributed by atoms with Crippen molar-refractivity contribution in [1.82, 2.24) is 15.5 Å². The van der Waals surface area contributed by atoms with Crippen molar-refractivity contribution in [2.45, 2.75) is 57.8 Å². The molecule has 2 rings (SSSR count). The number of hydrogen-bond donors (Lipinski definition) is 2. The molecular weight excluding hydrogens is 359 g/mol. The number of amides is 3. The van der Waals surface area contributed by atoms with E-state index in [-0.39, 0.29) is 12.6 Å². The van der Waals surface area contributed by atoms with Crippen molar-refractivity contribution in [2.75, 3.05) is 13.1 Å². The van der Waals surface area contributed by atoms with Gasteiger partial charge in [0.1, 0.15) is 0 Å². The van der Waals surface area contributed by atoms with Crippen LogP contribution in [0.5, 0.6) is 0 Å². The largest absolute Gasteiger partial charge is 0.416 e. The van der Waals surface area contributed by atoms with Crippen LogP contribution in [0, 0.1) is 0 Å². The molecule has 0 aliphatic carbocycles. The highest BCUT2D eigenvalue weighted by Crippen LogP contribution is 2.34. The summed E-state index contributed by atoms with van der Waals surface area (Å²) in [4.78, 5) is 25.9. The summed E-state index contributed by atoms with van der Waals surface area (Å²) in [6.45, 7) is 6.09. The van der Waals surface area contributed by atoms with Gasteiger partial charge in [-0.25, -0.2) is 4.79 Å². The van der Waals surface area contributed by atoms with Crippen LogP contribution in [0.2, 0.25) is 0 Å². The van der Waals surface area contributed by atoms with Crippen molar-refractivity contribution < 1.29 is 22.8 Å². The molecule has 1 saturated heterocycles. The summed E-state index contributed by atoms with van der Waals surface area (Å²) in [7, 11) is 0. The van der Waals surface area contributed by atoms with Crippen LogP contribution in [-0.2, 0) is 11.0 Å². The van der Waals surface area contributed by atoms with Gasteiger partial charge in [0, 0.05) is 11.6 Å². The van der Waals surface area contributed by atoms with Gasteiger partial charge in [-0.3, -0.25) is 15.0 Å². The molecule has 1 aromatic carbocycles. The number of hydrogen-bond acceptors (Lipinski definition) is 3. The lowest BCUT2D eigenvalue weighted by molar-refractivity contribution is -0.137. The monoisotopic (exact) mass is 385 g/mol. The van der Waals surface area contributed by atoms with Crippen LogP contribution >= 0.6 is 0 Å². The normalized spacial score (nSPS) is 18.8. The summed E-state index contributed by atoms with van der Waals surface area (Å²) in [5.41, 5.74) is -0.405. The maximum absolute atomic E-state index is 12.7. The first-order valence-electron chi connectivity index (χ1n) is 8.99. The minimum absolute atomic E-state index is 0.0171. The first-order valence-corrected chi connectivity index (χ1v) is 8.99. The fraction of sp³-hybridized carbons (Fsp3) is 0.579. The van der Waals surface area contributed by atoms with Gasteiger partial charge in [0.2, 0.25) is 5.91 Å². The molecule has 1 aliphatic rings. The zero-order valence-electron chi connectivity index (χ0n) is 15.8. The predicted octanol–water partition coefficient (Wildman–Crippen LogP) is 3.86. The van der Waals surface area contributed by atoms with E-state index in [2.05, 4.69) is 10.6 Å². The highest BCUT2D eigenvalue weighted by atomic mass is 19.4. The minimum Gasteiger partial charge on any atom is -0.333 e. The third kappa shape index (κ3) is 6.53. The van der Waals surface area contributed by atoms with Gasteiger partial charge < -0.3 is 5.32 Å². The van der Waals surface area contributed by atoms with E-state index in [1.807, 2.05) is 25.7 Å². The Morgan fingerprint density at radius 1 is 1.11 bits per heavy atom. The summed E-state index contributed by atoms with van der Waals surface area (Å²) in [5.74, 6) is -0.435. The van der Waals surface area contributed by atoms with Gasteiger partial charge in [0.15, 0.2) is 0 Å². The Kier molecular flexibility index (Phi) is 6.51. The molecule has 8 heteroatoms. The van der Waals surface area contributed by atoms with E-state index in [1.54, 1.807) is 0 Å². The molecule has 1 aliphatic heterocycles. The van der Waals surface area contributed by atoms with Gasteiger partial charge in [0.25, 0.3) is 0 Å². The third-order valence-corrected chi connectivity index (χ3v) is 4.32. The van der Waals surface area contributed by atoms with Gasteiger partial charge >= 0.3 is 12.2 Å². The number of benzene rings is 1. The second-order valence-corrected chi connectivity index (χ2v) is 7.85. The van der Waals surface area contributed by atoms with E-state index >= 15 is 0 Å². The number of carbonyl (C=O) groups is 2. The van der Waals surface area contributed by atoms with Gasteiger partial charge in [-0.1, -0.05) is 18.6 Å². The van der Waals surface area contributed by atoms with Crippen LogP contribution < -0.4 is 10.6 Å². The van der Waals surface area contributed by atoms with Gasteiger partial charge in [-0.15, -0.1) is 0 Å². The fourth-order valence-corrected chi connectivity index (χ4v) is 3.17. The molecule has 1 aromatic rings. The molecule has 3 amide bonds. The molecule has 0 aromatic heterocycles. The molecular formula is C19H26F3N3O2. The number of carbonyl (C=O) groups excluding carboxylic acids is 2. The summed E-state index contributed by atoms with van der Waals surface area (Å²) in [6.07, 6.45) is -1.77. The zero-order chi connectivity index (χ0) is 20.2. The van der Waals surface area contributed by atoms with E-state index < -0.39 is 29.2 Å². The quantitative estimate of drug-likeness (QED) is 0.831. The Morgan fingerprint density at radius 2 is 1.74 bits per heavy atom. The van der Waals surface area contributed by atoms with E-state index in [0.29, 0.717) is 6.54 Å². The number of nitrogens with zero attached hydrogens (tertiary/aromatic N) is 1. The molecule has 0 spiro atoms. The first kappa shape index (κ1) is 21.2. The highest BCUT2D eigenvalue weighted by Gasteiger charge is 2.31. The maximum Gasteiger partial charge on any atom is 0.416 e. The van der Waals surface area contributed by atoms with Gasteiger partial charge in [-0.05, 0) is 57.9 Å². The van der Waals surface area contributed by atoms with Crippen molar-refractivity contribution in [1.29, 1.82) is 0 Å². The van der Waals surface area contributed by atoms with Crippen molar-refractivity contribution in [3.8, 4) is 0 Å². The minimum atomic E-state index is -4.37. The van der Waals surface area contributed by atoms with Crippen molar-refractivity contribution in [3.63, 3.8) is 0 Å². The van der Waals surface area contributed by atoms with E-state index in [4.69, 9.17) is 0 Å². The first-order chi connectivity index (χ1) is 12.5. The van der Waals surface area contributed by atoms with Crippen LogP contribution in [0.25, 0.3) is 0 Å². The summed E-state index contributed by atoms with van der Waals surface area (Å²) in [6, 6.07) is 4.37. The van der Waals surface area contributed by atoms with Crippen LogP contribution in [0.15, 0.2) is 24.3 Å². The number of alkyl halides is 3. The number of nitrogens with one attached hydrogen (secondary N) is 2. The van der Waals surface area contributed by atoms with Crippen molar-refractivity contribution >= 4 is 11.9 Å². The number of imide groups is 1. The Bertz CT molecular complexity index is 666. The molecule has 1 heterocycles. The number of halogens is 3. The second kappa shape index (κ2) is 8.29. The maximum atomic E-state index is 12.7. The average molecular weight is 385 g/mol. The lowest BCUT2D eigenvalue weighted by Gasteiger charge is -2.35. The molecule has 0 bridgehead atoms. The van der Waals surface area contributed by atoms with Gasteiger partial charge in [-0.2, -0.15) is 13.2 Å². The third-order valence-electron chi connectivity index (χ3n) is 4.32. The predicted molar refractivity (Wildman–Crippen MR) is 96.0 cm³/mol. The van der Waals surface area contributed by atoms with E-state index in [9.17, 15) is 22.8 Å². The molecule has 1 atom stereocenters. The summed E-state index contributed by atoms with van der Waals surface area (Å²) >= 11 is 0.